The van der Waals surface area contributed by atoms with Gasteiger partial charge in [-0.25, -0.2) is 8.78 Å². The zero-order valence-electron chi connectivity index (χ0n) is 10.3. The number of rotatable bonds is 3. The van der Waals surface area contributed by atoms with Gasteiger partial charge in [-0.15, -0.1) is 0 Å². The molecule has 2 unspecified atom stereocenters. The Kier molecular flexibility index (Phi) is 3.47. The SMILES string of the molecule is CNC(c1ccn(C)n1)C1CCCC(F)(F)C1. The van der Waals surface area contributed by atoms with Gasteiger partial charge in [-0.05, 0) is 31.9 Å². The van der Waals surface area contributed by atoms with Crippen molar-refractivity contribution in [2.24, 2.45) is 13.0 Å². The molecule has 1 fully saturated rings. The van der Waals surface area contributed by atoms with Crippen LogP contribution in [0.4, 0.5) is 8.78 Å². The van der Waals surface area contributed by atoms with Crippen molar-refractivity contribution >= 4 is 0 Å². The molecular weight excluding hydrogens is 224 g/mol. The van der Waals surface area contributed by atoms with E-state index in [-0.39, 0.29) is 24.8 Å². The van der Waals surface area contributed by atoms with Crippen molar-refractivity contribution in [3.63, 3.8) is 0 Å². The fourth-order valence-corrected chi connectivity index (χ4v) is 2.72. The monoisotopic (exact) mass is 243 g/mol. The molecule has 0 aromatic carbocycles. The number of hydrogen-bond acceptors (Lipinski definition) is 2. The van der Waals surface area contributed by atoms with E-state index in [2.05, 4.69) is 10.4 Å². The second kappa shape index (κ2) is 4.72. The fraction of sp³-hybridized carbons (Fsp3) is 0.750. The number of hydrogen-bond donors (Lipinski definition) is 1. The van der Waals surface area contributed by atoms with Gasteiger partial charge >= 0.3 is 0 Å². The van der Waals surface area contributed by atoms with Crippen molar-refractivity contribution in [1.82, 2.24) is 15.1 Å². The normalized spacial score (nSPS) is 25.8. The van der Waals surface area contributed by atoms with Crippen LogP contribution >= 0.6 is 0 Å². The number of aromatic nitrogens is 2. The van der Waals surface area contributed by atoms with Crippen molar-refractivity contribution in [2.75, 3.05) is 7.05 Å². The first-order valence-corrected chi connectivity index (χ1v) is 6.06. The van der Waals surface area contributed by atoms with Crippen LogP contribution in [0.25, 0.3) is 0 Å². The molecule has 0 amide bonds. The minimum absolute atomic E-state index is 0.0290. The van der Waals surface area contributed by atoms with Gasteiger partial charge in [-0.2, -0.15) is 5.10 Å². The molecule has 1 saturated carbocycles. The first-order valence-electron chi connectivity index (χ1n) is 6.06. The third-order valence-corrected chi connectivity index (χ3v) is 3.51. The third-order valence-electron chi connectivity index (χ3n) is 3.51. The molecule has 2 atom stereocenters. The predicted octanol–water partition coefficient (Wildman–Crippen LogP) is 2.51. The average Bonchev–Trinajstić information content (AvgIpc) is 2.64. The Balaban J connectivity index is 2.13. The van der Waals surface area contributed by atoms with E-state index < -0.39 is 5.92 Å². The first-order chi connectivity index (χ1) is 8.02. The molecule has 17 heavy (non-hydrogen) atoms. The summed E-state index contributed by atoms with van der Waals surface area (Å²) in [5, 5.41) is 7.44. The van der Waals surface area contributed by atoms with Crippen LogP contribution in [0.2, 0.25) is 0 Å². The Morgan fingerprint density at radius 2 is 2.35 bits per heavy atom. The summed E-state index contributed by atoms with van der Waals surface area (Å²) in [5.41, 5.74) is 0.859. The summed E-state index contributed by atoms with van der Waals surface area (Å²) in [4.78, 5) is 0. The number of nitrogens with one attached hydrogen (secondary N) is 1. The number of aryl methyl sites for hydroxylation is 1. The maximum absolute atomic E-state index is 13.4. The number of halogens is 2. The summed E-state index contributed by atoms with van der Waals surface area (Å²) in [6, 6.07) is 1.83. The summed E-state index contributed by atoms with van der Waals surface area (Å²) < 4.78 is 28.5. The van der Waals surface area contributed by atoms with Gasteiger partial charge in [0.15, 0.2) is 0 Å². The third kappa shape index (κ3) is 2.83. The summed E-state index contributed by atoms with van der Waals surface area (Å²) in [7, 11) is 3.65. The Hall–Kier alpha value is -0.970. The van der Waals surface area contributed by atoms with E-state index in [1.165, 1.54) is 0 Å². The maximum atomic E-state index is 13.4. The Labute approximate surface area is 100 Å². The van der Waals surface area contributed by atoms with Crippen LogP contribution in [0, 0.1) is 5.92 Å². The molecule has 1 N–H and O–H groups in total. The van der Waals surface area contributed by atoms with Gasteiger partial charge in [0.25, 0.3) is 0 Å². The highest BCUT2D eigenvalue weighted by Gasteiger charge is 2.39. The topological polar surface area (TPSA) is 29.9 Å². The first kappa shape index (κ1) is 12.5. The van der Waals surface area contributed by atoms with Gasteiger partial charge in [0.05, 0.1) is 11.7 Å². The van der Waals surface area contributed by atoms with Crippen molar-refractivity contribution < 1.29 is 8.78 Å². The summed E-state index contributed by atoms with van der Waals surface area (Å²) in [6.07, 6.45) is 3.29. The van der Waals surface area contributed by atoms with Gasteiger partial charge in [0.2, 0.25) is 5.92 Å². The van der Waals surface area contributed by atoms with Crippen molar-refractivity contribution in [2.45, 2.75) is 37.6 Å². The molecule has 1 heterocycles. The van der Waals surface area contributed by atoms with Crippen LogP contribution in [0.3, 0.4) is 0 Å². The molecule has 3 nitrogen and oxygen atoms in total. The summed E-state index contributed by atoms with van der Waals surface area (Å²) in [6.45, 7) is 0. The summed E-state index contributed by atoms with van der Waals surface area (Å²) >= 11 is 0. The molecular formula is C12H19F2N3. The lowest BCUT2D eigenvalue weighted by Crippen LogP contribution is -2.34. The standard InChI is InChI=1S/C12H19F2N3/c1-15-11(10-5-7-17(2)16-10)9-4-3-6-12(13,14)8-9/h5,7,9,11,15H,3-4,6,8H2,1-2H3. The quantitative estimate of drug-likeness (QED) is 0.884. The highest BCUT2D eigenvalue weighted by atomic mass is 19.3. The molecule has 1 aromatic heterocycles. The van der Waals surface area contributed by atoms with Crippen molar-refractivity contribution in [3.8, 4) is 0 Å². The molecule has 5 heteroatoms. The predicted molar refractivity (Wildman–Crippen MR) is 61.9 cm³/mol. The van der Waals surface area contributed by atoms with Gasteiger partial charge in [-0.3, -0.25) is 4.68 Å². The van der Waals surface area contributed by atoms with Gasteiger partial charge in [0.1, 0.15) is 0 Å². The van der Waals surface area contributed by atoms with E-state index in [1.54, 1.807) is 4.68 Å². The van der Waals surface area contributed by atoms with E-state index in [9.17, 15) is 8.78 Å². The van der Waals surface area contributed by atoms with Crippen LogP contribution in [0.1, 0.15) is 37.4 Å². The van der Waals surface area contributed by atoms with Crippen molar-refractivity contribution in [1.29, 1.82) is 0 Å². The van der Waals surface area contributed by atoms with Crippen LogP contribution in [0.5, 0.6) is 0 Å². The second-order valence-electron chi connectivity index (χ2n) is 4.89. The molecule has 1 aliphatic rings. The van der Waals surface area contributed by atoms with Crippen LogP contribution in [0.15, 0.2) is 12.3 Å². The molecule has 0 aliphatic heterocycles. The molecule has 0 saturated heterocycles. The molecule has 96 valence electrons. The highest BCUT2D eigenvalue weighted by molar-refractivity contribution is 5.08. The maximum Gasteiger partial charge on any atom is 0.248 e. The summed E-state index contributed by atoms with van der Waals surface area (Å²) in [5.74, 6) is -2.54. The molecule has 0 radical (unpaired) electrons. The van der Waals surface area contributed by atoms with Crippen LogP contribution in [-0.2, 0) is 7.05 Å². The smallest absolute Gasteiger partial charge is 0.248 e. The zero-order valence-corrected chi connectivity index (χ0v) is 10.3. The van der Waals surface area contributed by atoms with Crippen molar-refractivity contribution in [3.05, 3.63) is 18.0 Å². The number of nitrogens with zero attached hydrogens (tertiary/aromatic N) is 2. The Morgan fingerprint density at radius 1 is 1.59 bits per heavy atom. The lowest BCUT2D eigenvalue weighted by Gasteiger charge is -2.33. The largest absolute Gasteiger partial charge is 0.311 e. The molecule has 0 bridgehead atoms. The van der Waals surface area contributed by atoms with Gasteiger partial charge in [0, 0.05) is 26.1 Å². The van der Waals surface area contributed by atoms with Crippen LogP contribution in [-0.4, -0.2) is 22.8 Å². The van der Waals surface area contributed by atoms with E-state index in [0.29, 0.717) is 6.42 Å². The van der Waals surface area contributed by atoms with Crippen LogP contribution < -0.4 is 5.32 Å². The van der Waals surface area contributed by atoms with E-state index in [1.807, 2.05) is 26.4 Å². The Morgan fingerprint density at radius 3 is 2.88 bits per heavy atom. The molecule has 1 aliphatic carbocycles. The second-order valence-corrected chi connectivity index (χ2v) is 4.89. The highest BCUT2D eigenvalue weighted by Crippen LogP contribution is 2.41. The number of alkyl halides is 2. The van der Waals surface area contributed by atoms with Gasteiger partial charge < -0.3 is 5.32 Å². The molecule has 2 rings (SSSR count). The fourth-order valence-electron chi connectivity index (χ4n) is 2.72. The lowest BCUT2D eigenvalue weighted by atomic mass is 9.81. The minimum Gasteiger partial charge on any atom is -0.311 e. The lowest BCUT2D eigenvalue weighted by molar-refractivity contribution is -0.0582. The molecule has 0 spiro atoms. The van der Waals surface area contributed by atoms with E-state index in [0.717, 1.165) is 12.1 Å². The van der Waals surface area contributed by atoms with E-state index >= 15 is 0 Å². The average molecular weight is 243 g/mol. The van der Waals surface area contributed by atoms with Gasteiger partial charge in [-0.1, -0.05) is 0 Å². The Bertz CT molecular complexity index is 376. The minimum atomic E-state index is -2.51. The molecule has 1 aromatic rings. The zero-order chi connectivity index (χ0) is 12.5. The van der Waals surface area contributed by atoms with E-state index in [4.69, 9.17) is 0 Å².